The Kier molecular flexibility index (Phi) is 4.92. The molecule has 0 aliphatic heterocycles. The minimum Gasteiger partial charge on any atom is -0.298 e. The number of nitrogens with zero attached hydrogens (tertiary/aromatic N) is 4. The fourth-order valence-corrected chi connectivity index (χ4v) is 4.01. The van der Waals surface area contributed by atoms with Crippen molar-refractivity contribution in [2.45, 2.75) is 40.7 Å². The fourth-order valence-electron chi connectivity index (χ4n) is 3.30. The minimum absolute atomic E-state index is 0.206. The van der Waals surface area contributed by atoms with Crippen LogP contribution < -0.4 is 5.32 Å². The Bertz CT molecular complexity index is 1220. The summed E-state index contributed by atoms with van der Waals surface area (Å²) in [6.07, 6.45) is 1.75. The molecule has 0 unspecified atom stereocenters. The summed E-state index contributed by atoms with van der Waals surface area (Å²) in [5.74, 6) is -0.212. The van der Waals surface area contributed by atoms with E-state index in [9.17, 15) is 4.79 Å². The zero-order valence-electron chi connectivity index (χ0n) is 17.1. The molecule has 7 heteroatoms. The molecule has 1 N–H and O–H groups in total. The molecule has 1 aromatic carbocycles. The first-order valence-corrected chi connectivity index (χ1v) is 10.4. The number of pyridine rings is 1. The maximum absolute atomic E-state index is 12.9. The average Bonchev–Trinajstić information content (AvgIpc) is 3.29. The smallest absolute Gasteiger partial charge is 0.259 e. The first-order chi connectivity index (χ1) is 13.8. The van der Waals surface area contributed by atoms with Gasteiger partial charge in [0.2, 0.25) is 0 Å². The molecule has 0 bridgehead atoms. The van der Waals surface area contributed by atoms with E-state index in [1.165, 1.54) is 16.9 Å². The standard InChI is InChI=1S/C22H23N5OS/c1-12(2)27-20-16(10-23-27)9-18(15(5)24-20)21(28)26-22-25-19(11-29-22)17-8-13(3)6-7-14(17)4/h6-12H,1-5H3,(H,25,26,28). The lowest BCUT2D eigenvalue weighted by atomic mass is 10.0. The van der Waals surface area contributed by atoms with Crippen molar-refractivity contribution in [1.82, 2.24) is 19.7 Å². The summed E-state index contributed by atoms with van der Waals surface area (Å²) in [6.45, 7) is 10.1. The lowest BCUT2D eigenvalue weighted by Crippen LogP contribution is -2.14. The average molecular weight is 406 g/mol. The second kappa shape index (κ2) is 7.40. The van der Waals surface area contributed by atoms with Crippen LogP contribution in [0.5, 0.6) is 0 Å². The first-order valence-electron chi connectivity index (χ1n) is 9.53. The number of amides is 1. The molecule has 0 saturated carbocycles. The maximum Gasteiger partial charge on any atom is 0.259 e. The van der Waals surface area contributed by atoms with Crippen LogP contribution in [-0.4, -0.2) is 25.7 Å². The number of fused-ring (bicyclic) bond motifs is 1. The third-order valence-corrected chi connectivity index (χ3v) is 5.64. The summed E-state index contributed by atoms with van der Waals surface area (Å²) < 4.78 is 1.86. The topological polar surface area (TPSA) is 72.7 Å². The molecular weight excluding hydrogens is 382 g/mol. The number of carbonyl (C=O) groups excluding carboxylic acids is 1. The van der Waals surface area contributed by atoms with E-state index in [0.717, 1.165) is 27.9 Å². The van der Waals surface area contributed by atoms with Gasteiger partial charge in [-0.15, -0.1) is 11.3 Å². The molecule has 0 atom stereocenters. The third-order valence-electron chi connectivity index (χ3n) is 4.89. The molecule has 4 aromatic rings. The van der Waals surface area contributed by atoms with E-state index in [-0.39, 0.29) is 11.9 Å². The van der Waals surface area contributed by atoms with Crippen molar-refractivity contribution in [2.24, 2.45) is 0 Å². The Morgan fingerprint density at radius 3 is 2.69 bits per heavy atom. The second-order valence-electron chi connectivity index (χ2n) is 7.53. The van der Waals surface area contributed by atoms with Gasteiger partial charge in [-0.1, -0.05) is 17.7 Å². The number of hydrogen-bond acceptors (Lipinski definition) is 5. The number of nitrogens with one attached hydrogen (secondary N) is 1. The Labute approximate surface area is 173 Å². The number of benzene rings is 1. The van der Waals surface area contributed by atoms with Crippen molar-refractivity contribution < 1.29 is 4.79 Å². The van der Waals surface area contributed by atoms with E-state index < -0.39 is 0 Å². The number of aromatic nitrogens is 4. The number of aryl methyl sites for hydroxylation is 3. The second-order valence-corrected chi connectivity index (χ2v) is 8.39. The molecule has 0 aliphatic rings. The quantitative estimate of drug-likeness (QED) is 0.499. The lowest BCUT2D eigenvalue weighted by molar-refractivity contribution is 0.102. The normalized spacial score (nSPS) is 11.4. The number of anilines is 1. The molecule has 0 fully saturated rings. The number of carbonyl (C=O) groups is 1. The zero-order chi connectivity index (χ0) is 20.7. The van der Waals surface area contributed by atoms with Gasteiger partial charge in [-0.25, -0.2) is 14.6 Å². The largest absolute Gasteiger partial charge is 0.298 e. The SMILES string of the molecule is Cc1ccc(C)c(-c2csc(NC(=O)c3cc4cnn(C(C)C)c4nc3C)n2)c1. The summed E-state index contributed by atoms with van der Waals surface area (Å²) in [4.78, 5) is 22.1. The van der Waals surface area contributed by atoms with Crippen LogP contribution in [0.25, 0.3) is 22.3 Å². The molecular formula is C22H23N5OS. The van der Waals surface area contributed by atoms with Gasteiger partial charge in [-0.2, -0.15) is 5.10 Å². The zero-order valence-corrected chi connectivity index (χ0v) is 18.0. The third kappa shape index (κ3) is 3.65. The Hall–Kier alpha value is -3.06. The fraction of sp³-hybridized carbons (Fsp3) is 0.273. The highest BCUT2D eigenvalue weighted by Crippen LogP contribution is 2.29. The van der Waals surface area contributed by atoms with Crippen LogP contribution in [0.1, 0.15) is 47.1 Å². The number of rotatable bonds is 4. The highest BCUT2D eigenvalue weighted by molar-refractivity contribution is 7.14. The first kappa shape index (κ1) is 19.3. The van der Waals surface area contributed by atoms with Crippen molar-refractivity contribution in [3.63, 3.8) is 0 Å². The van der Waals surface area contributed by atoms with E-state index in [0.29, 0.717) is 16.4 Å². The van der Waals surface area contributed by atoms with Crippen molar-refractivity contribution in [1.29, 1.82) is 0 Å². The van der Waals surface area contributed by atoms with E-state index in [2.05, 4.69) is 66.3 Å². The molecule has 0 aliphatic carbocycles. The maximum atomic E-state index is 12.9. The molecule has 1 amide bonds. The molecule has 3 heterocycles. The molecule has 0 spiro atoms. The van der Waals surface area contributed by atoms with Gasteiger partial charge in [0, 0.05) is 22.4 Å². The highest BCUT2D eigenvalue weighted by atomic mass is 32.1. The molecule has 0 radical (unpaired) electrons. The van der Waals surface area contributed by atoms with Crippen LogP contribution in [0.4, 0.5) is 5.13 Å². The van der Waals surface area contributed by atoms with Gasteiger partial charge >= 0.3 is 0 Å². The van der Waals surface area contributed by atoms with E-state index in [1.807, 2.05) is 23.1 Å². The molecule has 3 aromatic heterocycles. The van der Waals surface area contributed by atoms with Crippen LogP contribution in [0.3, 0.4) is 0 Å². The van der Waals surface area contributed by atoms with E-state index >= 15 is 0 Å². The summed E-state index contributed by atoms with van der Waals surface area (Å²) in [5, 5.41) is 10.7. The number of hydrogen-bond donors (Lipinski definition) is 1. The Balaban J connectivity index is 1.61. The Morgan fingerprint density at radius 1 is 1.14 bits per heavy atom. The monoisotopic (exact) mass is 405 g/mol. The van der Waals surface area contributed by atoms with E-state index in [1.54, 1.807) is 6.20 Å². The predicted molar refractivity (Wildman–Crippen MR) is 118 cm³/mol. The van der Waals surface area contributed by atoms with Gasteiger partial charge in [-0.05, 0) is 52.3 Å². The van der Waals surface area contributed by atoms with Gasteiger partial charge in [0.25, 0.3) is 5.91 Å². The van der Waals surface area contributed by atoms with Crippen LogP contribution in [0.2, 0.25) is 0 Å². The van der Waals surface area contributed by atoms with Crippen molar-refractivity contribution in [2.75, 3.05) is 5.32 Å². The summed E-state index contributed by atoms with van der Waals surface area (Å²) in [5.41, 5.74) is 6.29. The van der Waals surface area contributed by atoms with Gasteiger partial charge in [0.1, 0.15) is 0 Å². The van der Waals surface area contributed by atoms with Crippen LogP contribution in [0.15, 0.2) is 35.8 Å². The molecule has 148 valence electrons. The van der Waals surface area contributed by atoms with Gasteiger partial charge in [0.05, 0.1) is 23.1 Å². The highest BCUT2D eigenvalue weighted by Gasteiger charge is 2.17. The molecule has 4 rings (SSSR count). The van der Waals surface area contributed by atoms with Crippen molar-refractivity contribution in [3.05, 3.63) is 58.2 Å². The van der Waals surface area contributed by atoms with Crippen molar-refractivity contribution in [3.8, 4) is 11.3 Å². The van der Waals surface area contributed by atoms with Gasteiger partial charge < -0.3 is 0 Å². The number of thiazole rings is 1. The minimum atomic E-state index is -0.212. The summed E-state index contributed by atoms with van der Waals surface area (Å²) >= 11 is 1.42. The van der Waals surface area contributed by atoms with Crippen molar-refractivity contribution >= 4 is 33.4 Å². The van der Waals surface area contributed by atoms with Crippen LogP contribution in [0, 0.1) is 20.8 Å². The molecule has 6 nitrogen and oxygen atoms in total. The van der Waals surface area contributed by atoms with Crippen LogP contribution >= 0.6 is 11.3 Å². The molecule has 29 heavy (non-hydrogen) atoms. The van der Waals surface area contributed by atoms with E-state index in [4.69, 9.17) is 0 Å². The summed E-state index contributed by atoms with van der Waals surface area (Å²) in [7, 11) is 0. The van der Waals surface area contributed by atoms with Gasteiger partial charge in [-0.3, -0.25) is 10.1 Å². The lowest BCUT2D eigenvalue weighted by Gasteiger charge is -2.09. The van der Waals surface area contributed by atoms with Crippen LogP contribution in [-0.2, 0) is 0 Å². The predicted octanol–water partition coefficient (Wildman–Crippen LogP) is 5.31. The Morgan fingerprint density at radius 2 is 1.93 bits per heavy atom. The summed E-state index contributed by atoms with van der Waals surface area (Å²) in [6, 6.07) is 8.34. The molecule has 0 saturated heterocycles. The van der Waals surface area contributed by atoms with Gasteiger partial charge in [0.15, 0.2) is 10.8 Å².